The predicted molar refractivity (Wildman–Crippen MR) is 103 cm³/mol. The van der Waals surface area contributed by atoms with Crippen molar-refractivity contribution >= 4 is 34.4 Å². The van der Waals surface area contributed by atoms with Crippen LogP contribution < -0.4 is 5.73 Å². The molecule has 2 heterocycles. The van der Waals surface area contributed by atoms with Crippen LogP contribution in [-0.2, 0) is 13.0 Å². The summed E-state index contributed by atoms with van der Waals surface area (Å²) in [6.07, 6.45) is 3.83. The minimum Gasteiger partial charge on any atom is -0.478 e. The molecule has 0 amide bonds. The van der Waals surface area contributed by atoms with E-state index in [0.29, 0.717) is 35.4 Å². The summed E-state index contributed by atoms with van der Waals surface area (Å²) in [6.45, 7) is 2.45. The summed E-state index contributed by atoms with van der Waals surface area (Å²) in [5.41, 5.74) is 8.55. The number of rotatable bonds is 7. The van der Waals surface area contributed by atoms with Crippen molar-refractivity contribution < 1.29 is 9.90 Å². The Hall–Kier alpha value is -2.60. The molecule has 0 aliphatic heterocycles. The van der Waals surface area contributed by atoms with Crippen molar-refractivity contribution in [3.8, 4) is 0 Å². The molecule has 1 atom stereocenters. The number of pyridine rings is 1. The molecular formula is C19H21ClN4O2. The van der Waals surface area contributed by atoms with Gasteiger partial charge in [-0.1, -0.05) is 43.7 Å². The second kappa shape index (κ2) is 7.74. The van der Waals surface area contributed by atoms with Gasteiger partial charge in [-0.25, -0.2) is 14.5 Å². The molecule has 0 spiro atoms. The van der Waals surface area contributed by atoms with Gasteiger partial charge in [0.15, 0.2) is 11.5 Å². The van der Waals surface area contributed by atoms with Gasteiger partial charge >= 0.3 is 5.97 Å². The molecule has 3 rings (SSSR count). The number of halogens is 1. The van der Waals surface area contributed by atoms with Crippen molar-refractivity contribution in [2.24, 2.45) is 0 Å². The number of hydrogen-bond acceptors (Lipinski definition) is 4. The van der Waals surface area contributed by atoms with Crippen LogP contribution in [0.15, 0.2) is 36.5 Å². The molecule has 0 aliphatic carbocycles. The van der Waals surface area contributed by atoms with Gasteiger partial charge in [0.1, 0.15) is 0 Å². The Balaban J connectivity index is 2.04. The molecular weight excluding hydrogens is 352 g/mol. The molecule has 6 nitrogen and oxygen atoms in total. The molecule has 1 aromatic carbocycles. The Morgan fingerprint density at radius 3 is 2.73 bits per heavy atom. The van der Waals surface area contributed by atoms with Crippen LogP contribution in [0.5, 0.6) is 0 Å². The average Bonchev–Trinajstić information content (AvgIpc) is 2.96. The van der Waals surface area contributed by atoms with E-state index in [1.165, 1.54) is 6.20 Å². The third-order valence-electron chi connectivity index (χ3n) is 4.40. The van der Waals surface area contributed by atoms with Gasteiger partial charge in [0, 0.05) is 6.20 Å². The standard InChI is InChI=1S/C19H21ClN4O2/c1-2-3-9-13-14(19(25)26)10-22-18-16(13)17(21)23-24(18)11-15(20)12-7-5-4-6-8-12/h4-8,10,15H,2-3,9,11H2,1H3,(H2,21,23)(H,25,26). The first-order chi connectivity index (χ1) is 12.5. The third-order valence-corrected chi connectivity index (χ3v) is 4.79. The Kier molecular flexibility index (Phi) is 5.42. The summed E-state index contributed by atoms with van der Waals surface area (Å²) in [5, 5.41) is 14.2. The summed E-state index contributed by atoms with van der Waals surface area (Å²) < 4.78 is 1.66. The molecule has 0 bridgehead atoms. The van der Waals surface area contributed by atoms with E-state index in [-0.39, 0.29) is 10.9 Å². The molecule has 1 unspecified atom stereocenters. The van der Waals surface area contributed by atoms with Gasteiger partial charge < -0.3 is 10.8 Å². The maximum Gasteiger partial charge on any atom is 0.337 e. The molecule has 0 aliphatic rings. The summed E-state index contributed by atoms with van der Waals surface area (Å²) >= 11 is 6.53. The molecule has 0 saturated heterocycles. The van der Waals surface area contributed by atoms with Crippen LogP contribution >= 0.6 is 11.6 Å². The van der Waals surface area contributed by atoms with Gasteiger partial charge in [-0.2, -0.15) is 5.10 Å². The molecule has 0 saturated carbocycles. The fourth-order valence-corrected chi connectivity index (χ4v) is 3.35. The Morgan fingerprint density at radius 2 is 2.08 bits per heavy atom. The number of carboxylic acid groups (broad SMARTS) is 1. The van der Waals surface area contributed by atoms with Crippen LogP contribution in [0.2, 0.25) is 0 Å². The zero-order chi connectivity index (χ0) is 18.7. The summed E-state index contributed by atoms with van der Waals surface area (Å²) in [4.78, 5) is 15.9. The molecule has 3 aromatic rings. The maximum absolute atomic E-state index is 11.6. The lowest BCUT2D eigenvalue weighted by Gasteiger charge is -2.11. The number of carboxylic acids is 1. The Bertz CT molecular complexity index is 924. The third kappa shape index (κ3) is 3.51. The highest BCUT2D eigenvalue weighted by molar-refractivity contribution is 6.20. The highest BCUT2D eigenvalue weighted by Gasteiger charge is 2.21. The molecule has 26 heavy (non-hydrogen) atoms. The smallest absolute Gasteiger partial charge is 0.337 e. The van der Waals surface area contributed by atoms with Crippen LogP contribution in [-0.4, -0.2) is 25.8 Å². The quantitative estimate of drug-likeness (QED) is 0.610. The lowest BCUT2D eigenvalue weighted by molar-refractivity contribution is 0.0695. The van der Waals surface area contributed by atoms with Crippen molar-refractivity contribution in [3.63, 3.8) is 0 Å². The topological polar surface area (TPSA) is 94.0 Å². The zero-order valence-electron chi connectivity index (χ0n) is 14.5. The van der Waals surface area contributed by atoms with Crippen LogP contribution in [0.3, 0.4) is 0 Å². The number of carbonyl (C=O) groups is 1. The molecule has 2 aromatic heterocycles. The predicted octanol–water partition coefficient (Wildman–Crippen LogP) is 4.03. The highest BCUT2D eigenvalue weighted by Crippen LogP contribution is 2.30. The van der Waals surface area contributed by atoms with E-state index < -0.39 is 5.97 Å². The minimum absolute atomic E-state index is 0.183. The summed E-state index contributed by atoms with van der Waals surface area (Å²) in [7, 11) is 0. The largest absolute Gasteiger partial charge is 0.478 e. The van der Waals surface area contributed by atoms with E-state index in [4.69, 9.17) is 17.3 Å². The molecule has 136 valence electrons. The van der Waals surface area contributed by atoms with Crippen LogP contribution in [0.25, 0.3) is 11.0 Å². The number of anilines is 1. The molecule has 0 fully saturated rings. The van der Waals surface area contributed by atoms with Crippen LogP contribution in [0.4, 0.5) is 5.82 Å². The van der Waals surface area contributed by atoms with Crippen molar-refractivity contribution in [1.82, 2.24) is 14.8 Å². The summed E-state index contributed by atoms with van der Waals surface area (Å²) in [6, 6.07) is 9.70. The number of aromatic carboxylic acids is 1. The zero-order valence-corrected chi connectivity index (χ0v) is 15.3. The first kappa shape index (κ1) is 18.2. The number of nitrogen functional groups attached to an aromatic ring is 1. The van der Waals surface area contributed by atoms with Gasteiger partial charge in [-0.05, 0) is 24.0 Å². The molecule has 3 N–H and O–H groups in total. The van der Waals surface area contributed by atoms with Gasteiger partial charge in [0.05, 0.1) is 22.9 Å². The number of nitrogens with zero attached hydrogens (tertiary/aromatic N) is 3. The number of fused-ring (bicyclic) bond motifs is 1. The van der Waals surface area contributed by atoms with Gasteiger partial charge in [-0.15, -0.1) is 11.6 Å². The van der Waals surface area contributed by atoms with E-state index >= 15 is 0 Å². The highest BCUT2D eigenvalue weighted by atomic mass is 35.5. The second-order valence-electron chi connectivity index (χ2n) is 6.20. The Morgan fingerprint density at radius 1 is 1.35 bits per heavy atom. The molecule has 7 heteroatoms. The first-order valence-corrected chi connectivity index (χ1v) is 9.02. The fourth-order valence-electron chi connectivity index (χ4n) is 3.07. The number of hydrogen-bond donors (Lipinski definition) is 2. The number of aromatic nitrogens is 3. The second-order valence-corrected chi connectivity index (χ2v) is 6.73. The SMILES string of the molecule is CCCCc1c(C(=O)O)cnc2c1c(N)nn2CC(Cl)c1ccccc1. The number of benzene rings is 1. The van der Waals surface area contributed by atoms with Gasteiger partial charge in [-0.3, -0.25) is 0 Å². The number of aryl methyl sites for hydroxylation is 1. The average molecular weight is 373 g/mol. The van der Waals surface area contributed by atoms with Crippen molar-refractivity contribution in [2.75, 3.05) is 5.73 Å². The van der Waals surface area contributed by atoms with Crippen molar-refractivity contribution in [3.05, 3.63) is 53.2 Å². The molecule has 0 radical (unpaired) electrons. The lowest BCUT2D eigenvalue weighted by atomic mass is 10.0. The maximum atomic E-state index is 11.6. The number of alkyl halides is 1. The number of nitrogens with two attached hydrogens (primary N) is 1. The van der Waals surface area contributed by atoms with Crippen LogP contribution in [0, 0.1) is 0 Å². The van der Waals surface area contributed by atoms with E-state index in [9.17, 15) is 9.90 Å². The lowest BCUT2D eigenvalue weighted by Crippen LogP contribution is -2.08. The van der Waals surface area contributed by atoms with Crippen molar-refractivity contribution in [1.29, 1.82) is 0 Å². The van der Waals surface area contributed by atoms with E-state index in [1.807, 2.05) is 30.3 Å². The van der Waals surface area contributed by atoms with E-state index in [0.717, 1.165) is 18.4 Å². The normalized spacial score (nSPS) is 12.4. The fraction of sp³-hybridized carbons (Fsp3) is 0.316. The van der Waals surface area contributed by atoms with Gasteiger partial charge in [0.25, 0.3) is 0 Å². The van der Waals surface area contributed by atoms with E-state index in [2.05, 4.69) is 17.0 Å². The van der Waals surface area contributed by atoms with E-state index in [1.54, 1.807) is 4.68 Å². The minimum atomic E-state index is -1.00. The Labute approximate surface area is 156 Å². The summed E-state index contributed by atoms with van der Waals surface area (Å²) in [5.74, 6) is -0.712. The van der Waals surface area contributed by atoms with Gasteiger partial charge in [0.2, 0.25) is 0 Å². The monoisotopic (exact) mass is 372 g/mol. The first-order valence-electron chi connectivity index (χ1n) is 8.59. The van der Waals surface area contributed by atoms with Crippen LogP contribution in [0.1, 0.15) is 46.6 Å². The number of unbranched alkanes of at least 4 members (excludes halogenated alkanes) is 1. The van der Waals surface area contributed by atoms with Crippen molar-refractivity contribution in [2.45, 2.75) is 38.1 Å².